The first-order chi connectivity index (χ1) is 8.75. The van der Waals surface area contributed by atoms with Crippen LogP contribution in [0.15, 0.2) is 48.5 Å². The van der Waals surface area contributed by atoms with Crippen LogP contribution in [0.5, 0.6) is 11.5 Å². The second-order valence-electron chi connectivity index (χ2n) is 3.94. The number of hydrogen-bond donors (Lipinski definition) is 0. The van der Waals surface area contributed by atoms with Crippen molar-refractivity contribution >= 4 is 0 Å². The summed E-state index contributed by atoms with van der Waals surface area (Å²) in [6, 6.07) is 14.3. The van der Waals surface area contributed by atoms with E-state index >= 15 is 0 Å². The van der Waals surface area contributed by atoms with Gasteiger partial charge >= 0.3 is 0 Å². The van der Waals surface area contributed by atoms with Gasteiger partial charge in [-0.1, -0.05) is 24.3 Å². The Hall–Kier alpha value is -2.03. The minimum atomic E-state index is -0.347. The van der Waals surface area contributed by atoms with Crippen LogP contribution >= 0.6 is 0 Å². The lowest BCUT2D eigenvalue weighted by atomic mass is 10.2. The summed E-state index contributed by atoms with van der Waals surface area (Å²) < 4.78 is 24.1. The van der Waals surface area contributed by atoms with Gasteiger partial charge in [0.1, 0.15) is 19.0 Å². The van der Waals surface area contributed by atoms with E-state index in [1.165, 1.54) is 6.07 Å². The van der Waals surface area contributed by atoms with E-state index in [2.05, 4.69) is 0 Å². The molecule has 0 aromatic heterocycles. The zero-order chi connectivity index (χ0) is 12.8. The first-order valence-corrected chi connectivity index (χ1v) is 5.82. The molecule has 2 rings (SSSR count). The molecule has 0 spiro atoms. The highest BCUT2D eigenvalue weighted by Gasteiger charge is 2.03. The third-order valence-electron chi connectivity index (χ3n) is 2.44. The summed E-state index contributed by atoms with van der Waals surface area (Å²) in [5.41, 5.74) is 0.968. The second kappa shape index (κ2) is 6.05. The smallest absolute Gasteiger partial charge is 0.165 e. The van der Waals surface area contributed by atoms with Crippen molar-refractivity contribution in [2.75, 3.05) is 13.2 Å². The molecule has 94 valence electrons. The average Bonchev–Trinajstić information content (AvgIpc) is 2.40. The highest BCUT2D eigenvalue weighted by Crippen LogP contribution is 2.18. The first-order valence-electron chi connectivity index (χ1n) is 5.82. The lowest BCUT2D eigenvalue weighted by Crippen LogP contribution is -2.09. The number of ether oxygens (including phenoxy) is 2. The summed E-state index contributed by atoms with van der Waals surface area (Å²) in [6.45, 7) is 2.60. The Morgan fingerprint density at radius 2 is 1.67 bits per heavy atom. The lowest BCUT2D eigenvalue weighted by Gasteiger charge is -2.09. The van der Waals surface area contributed by atoms with Gasteiger partial charge in [0.15, 0.2) is 11.6 Å². The van der Waals surface area contributed by atoms with Crippen molar-refractivity contribution in [1.82, 2.24) is 0 Å². The highest BCUT2D eigenvalue weighted by atomic mass is 19.1. The molecule has 0 N–H and O–H groups in total. The third kappa shape index (κ3) is 3.48. The summed E-state index contributed by atoms with van der Waals surface area (Å²) in [7, 11) is 0. The van der Waals surface area contributed by atoms with Crippen molar-refractivity contribution in [1.29, 1.82) is 0 Å². The monoisotopic (exact) mass is 246 g/mol. The average molecular weight is 246 g/mol. The molecule has 0 atom stereocenters. The van der Waals surface area contributed by atoms with Gasteiger partial charge in [0.25, 0.3) is 0 Å². The van der Waals surface area contributed by atoms with E-state index in [0.717, 1.165) is 11.3 Å². The summed E-state index contributed by atoms with van der Waals surface area (Å²) >= 11 is 0. The number of halogens is 1. The molecule has 2 aromatic carbocycles. The Morgan fingerprint density at radius 3 is 2.44 bits per heavy atom. The minimum absolute atomic E-state index is 0.270. The Bertz CT molecular complexity index is 497. The number of aryl methyl sites for hydroxylation is 1. The van der Waals surface area contributed by atoms with Gasteiger partial charge in [-0.05, 0) is 36.8 Å². The molecular formula is C15H15FO2. The maximum Gasteiger partial charge on any atom is 0.165 e. The highest BCUT2D eigenvalue weighted by molar-refractivity contribution is 5.29. The van der Waals surface area contributed by atoms with Crippen LogP contribution < -0.4 is 9.47 Å². The molecule has 2 aromatic rings. The Balaban J connectivity index is 1.80. The fraction of sp³-hybridized carbons (Fsp3) is 0.200. The fourth-order valence-corrected chi connectivity index (χ4v) is 1.55. The van der Waals surface area contributed by atoms with E-state index in [0.29, 0.717) is 13.2 Å². The van der Waals surface area contributed by atoms with E-state index in [9.17, 15) is 4.39 Å². The molecule has 0 radical (unpaired) electrons. The number of para-hydroxylation sites is 1. The molecule has 0 fully saturated rings. The SMILES string of the molecule is Cc1ccc(F)c(OCCOc2ccccc2)c1. The van der Waals surface area contributed by atoms with Crippen molar-refractivity contribution < 1.29 is 13.9 Å². The maximum atomic E-state index is 13.4. The third-order valence-corrected chi connectivity index (χ3v) is 2.44. The van der Waals surface area contributed by atoms with E-state index in [1.54, 1.807) is 12.1 Å². The van der Waals surface area contributed by atoms with Crippen LogP contribution in [0.3, 0.4) is 0 Å². The van der Waals surface area contributed by atoms with Crippen molar-refractivity contribution in [2.24, 2.45) is 0 Å². The molecule has 3 heteroatoms. The fourth-order valence-electron chi connectivity index (χ4n) is 1.55. The number of hydrogen-bond acceptors (Lipinski definition) is 2. The molecule has 2 nitrogen and oxygen atoms in total. The summed E-state index contributed by atoms with van der Waals surface area (Å²) in [5, 5.41) is 0. The van der Waals surface area contributed by atoms with E-state index in [4.69, 9.17) is 9.47 Å². The predicted molar refractivity (Wildman–Crippen MR) is 68.6 cm³/mol. The topological polar surface area (TPSA) is 18.5 Å². The van der Waals surface area contributed by atoms with Gasteiger partial charge in [0, 0.05) is 0 Å². The largest absolute Gasteiger partial charge is 0.490 e. The van der Waals surface area contributed by atoms with Gasteiger partial charge in [0.05, 0.1) is 0 Å². The molecule has 0 saturated heterocycles. The van der Waals surface area contributed by atoms with Gasteiger partial charge in [-0.15, -0.1) is 0 Å². The molecule has 0 aliphatic rings. The van der Waals surface area contributed by atoms with Crippen LogP contribution in [0.4, 0.5) is 4.39 Å². The van der Waals surface area contributed by atoms with Gasteiger partial charge in [-0.3, -0.25) is 0 Å². The zero-order valence-electron chi connectivity index (χ0n) is 10.2. The molecule has 0 bridgehead atoms. The summed E-state index contributed by atoms with van der Waals surface area (Å²) in [4.78, 5) is 0. The molecule has 18 heavy (non-hydrogen) atoms. The molecule has 0 heterocycles. The molecule has 0 amide bonds. The van der Waals surface area contributed by atoms with Crippen LogP contribution in [0.1, 0.15) is 5.56 Å². The van der Waals surface area contributed by atoms with Gasteiger partial charge in [0.2, 0.25) is 0 Å². The van der Waals surface area contributed by atoms with Crippen LogP contribution in [-0.4, -0.2) is 13.2 Å². The first kappa shape index (κ1) is 12.4. The quantitative estimate of drug-likeness (QED) is 0.750. The molecular weight excluding hydrogens is 231 g/mol. The van der Waals surface area contributed by atoms with Crippen molar-refractivity contribution in [2.45, 2.75) is 6.92 Å². The minimum Gasteiger partial charge on any atom is -0.490 e. The molecule has 0 unspecified atom stereocenters. The molecule has 0 saturated carbocycles. The van der Waals surface area contributed by atoms with E-state index < -0.39 is 0 Å². The molecule has 0 aliphatic heterocycles. The standard InChI is InChI=1S/C15H15FO2/c1-12-7-8-14(16)15(11-12)18-10-9-17-13-5-3-2-4-6-13/h2-8,11H,9-10H2,1H3. The normalized spacial score (nSPS) is 10.1. The van der Waals surface area contributed by atoms with Crippen molar-refractivity contribution in [3.63, 3.8) is 0 Å². The van der Waals surface area contributed by atoms with Crippen LogP contribution in [0.25, 0.3) is 0 Å². The van der Waals surface area contributed by atoms with Gasteiger partial charge in [-0.2, -0.15) is 0 Å². The number of benzene rings is 2. The molecule has 0 aliphatic carbocycles. The zero-order valence-corrected chi connectivity index (χ0v) is 10.2. The predicted octanol–water partition coefficient (Wildman–Crippen LogP) is 3.59. The Labute approximate surface area is 106 Å². The summed E-state index contributed by atoms with van der Waals surface area (Å²) in [6.07, 6.45) is 0. The number of rotatable bonds is 5. The van der Waals surface area contributed by atoms with Crippen molar-refractivity contribution in [3.05, 3.63) is 59.9 Å². The van der Waals surface area contributed by atoms with Crippen LogP contribution in [0.2, 0.25) is 0 Å². The lowest BCUT2D eigenvalue weighted by molar-refractivity contribution is 0.211. The van der Waals surface area contributed by atoms with Crippen LogP contribution in [-0.2, 0) is 0 Å². The van der Waals surface area contributed by atoms with Gasteiger partial charge in [-0.25, -0.2) is 4.39 Å². The van der Waals surface area contributed by atoms with Crippen molar-refractivity contribution in [3.8, 4) is 11.5 Å². The Kier molecular flexibility index (Phi) is 4.18. The maximum absolute atomic E-state index is 13.4. The van der Waals surface area contributed by atoms with E-state index in [1.807, 2.05) is 37.3 Å². The van der Waals surface area contributed by atoms with E-state index in [-0.39, 0.29) is 11.6 Å². The van der Waals surface area contributed by atoms with Crippen LogP contribution in [0, 0.1) is 12.7 Å². The summed E-state index contributed by atoms with van der Waals surface area (Å²) in [5.74, 6) is 0.706. The van der Waals surface area contributed by atoms with Gasteiger partial charge < -0.3 is 9.47 Å². The second-order valence-corrected chi connectivity index (χ2v) is 3.94. The Morgan fingerprint density at radius 1 is 0.944 bits per heavy atom.